The lowest BCUT2D eigenvalue weighted by molar-refractivity contribution is -0.123. The second kappa shape index (κ2) is 9.74. The van der Waals surface area contributed by atoms with E-state index < -0.39 is 23.7 Å². The first-order valence-corrected chi connectivity index (χ1v) is 13.3. The minimum absolute atomic E-state index is 0.111. The van der Waals surface area contributed by atoms with Gasteiger partial charge in [0.1, 0.15) is 12.4 Å². The molecule has 0 radical (unpaired) electrons. The van der Waals surface area contributed by atoms with E-state index in [0.717, 1.165) is 11.1 Å². The van der Waals surface area contributed by atoms with Crippen molar-refractivity contribution < 1.29 is 29.0 Å². The summed E-state index contributed by atoms with van der Waals surface area (Å²) in [5.74, 6) is -2.45. The average Bonchev–Trinajstić information content (AvgIpc) is 3.20. The third-order valence-electron chi connectivity index (χ3n) is 8.22. The fourth-order valence-corrected chi connectivity index (χ4v) is 6.65. The number of imide groups is 1. The molecule has 39 heavy (non-hydrogen) atoms. The highest BCUT2D eigenvalue weighted by atomic mass is 35.5. The molecule has 1 heterocycles. The number of aliphatic hydroxyl groups excluding tert-OH is 1. The predicted octanol–water partition coefficient (Wildman–Crippen LogP) is 4.35. The van der Waals surface area contributed by atoms with Crippen LogP contribution in [0, 0.1) is 17.8 Å². The van der Waals surface area contributed by atoms with E-state index in [4.69, 9.17) is 21.4 Å². The van der Waals surface area contributed by atoms with Crippen LogP contribution in [-0.2, 0) is 19.2 Å². The highest BCUT2D eigenvalue weighted by Crippen LogP contribution is 2.55. The zero-order chi connectivity index (χ0) is 27.4. The predicted molar refractivity (Wildman–Crippen MR) is 144 cm³/mol. The molecule has 0 saturated carbocycles. The topological polar surface area (TPSA) is 101 Å². The molecule has 4 aliphatic rings. The molecule has 0 bridgehead atoms. The zero-order valence-corrected chi connectivity index (χ0v) is 22.0. The normalized spacial score (nSPS) is 26.2. The molecule has 1 N–H and O–H groups in total. The monoisotopic (exact) mass is 543 g/mol. The SMILES string of the molecule is CC1=CC(=O)C2=C(CC3C(=CCC4C(=O)N(c5ccc(Cl)cc5)C(=O)C43)C2c2ccc(OCCO)cc2)C1=O. The van der Waals surface area contributed by atoms with Crippen LogP contribution >= 0.6 is 11.6 Å². The van der Waals surface area contributed by atoms with Gasteiger partial charge in [0.15, 0.2) is 11.6 Å². The van der Waals surface area contributed by atoms with Crippen molar-refractivity contribution in [2.75, 3.05) is 18.1 Å². The van der Waals surface area contributed by atoms with E-state index >= 15 is 0 Å². The first-order valence-electron chi connectivity index (χ1n) is 13.0. The van der Waals surface area contributed by atoms with Gasteiger partial charge in [0.05, 0.1) is 24.1 Å². The van der Waals surface area contributed by atoms with Gasteiger partial charge < -0.3 is 9.84 Å². The summed E-state index contributed by atoms with van der Waals surface area (Å²) in [6.07, 6.45) is 4.00. The Morgan fingerprint density at radius 2 is 1.69 bits per heavy atom. The molecular formula is C31H26ClNO6. The van der Waals surface area contributed by atoms with Crippen LogP contribution in [0.5, 0.6) is 5.75 Å². The molecule has 0 aromatic heterocycles. The third-order valence-corrected chi connectivity index (χ3v) is 8.47. The van der Waals surface area contributed by atoms with Crippen LogP contribution in [0.4, 0.5) is 5.69 Å². The number of hydrogen-bond donors (Lipinski definition) is 1. The van der Waals surface area contributed by atoms with Crippen LogP contribution in [-0.4, -0.2) is 41.7 Å². The minimum Gasteiger partial charge on any atom is -0.491 e. The van der Waals surface area contributed by atoms with Crippen molar-refractivity contribution >= 4 is 40.7 Å². The maximum Gasteiger partial charge on any atom is 0.238 e. The number of ketones is 2. The van der Waals surface area contributed by atoms with E-state index in [9.17, 15) is 19.2 Å². The number of allylic oxidation sites excluding steroid dienone is 6. The van der Waals surface area contributed by atoms with Crippen molar-refractivity contribution in [2.24, 2.45) is 17.8 Å². The Morgan fingerprint density at radius 1 is 0.974 bits per heavy atom. The van der Waals surface area contributed by atoms with E-state index in [-0.39, 0.29) is 43.0 Å². The molecule has 1 aliphatic heterocycles. The number of aliphatic hydroxyl groups is 1. The summed E-state index contributed by atoms with van der Waals surface area (Å²) in [5.41, 5.74) is 3.42. The fourth-order valence-electron chi connectivity index (χ4n) is 6.53. The fraction of sp³-hybridized carbons (Fsp3) is 0.290. The van der Waals surface area contributed by atoms with Crippen LogP contribution in [0.25, 0.3) is 0 Å². The number of nitrogens with zero attached hydrogens (tertiary/aromatic N) is 1. The smallest absolute Gasteiger partial charge is 0.238 e. The van der Waals surface area contributed by atoms with Gasteiger partial charge in [0.2, 0.25) is 11.8 Å². The maximum absolute atomic E-state index is 13.9. The highest BCUT2D eigenvalue weighted by Gasteiger charge is 2.56. The lowest BCUT2D eigenvalue weighted by atomic mass is 9.59. The van der Waals surface area contributed by atoms with Crippen molar-refractivity contribution in [3.8, 4) is 5.75 Å². The quantitative estimate of drug-likeness (QED) is 0.342. The number of halogens is 1. The lowest BCUT2D eigenvalue weighted by Gasteiger charge is -2.42. The Hall–Kier alpha value is -3.81. The first-order chi connectivity index (χ1) is 18.8. The number of ether oxygens (including phenoxy) is 1. The van der Waals surface area contributed by atoms with Gasteiger partial charge in [0.25, 0.3) is 0 Å². The molecule has 8 heteroatoms. The van der Waals surface area contributed by atoms with E-state index in [1.165, 1.54) is 11.0 Å². The minimum atomic E-state index is -0.633. The Kier molecular flexibility index (Phi) is 6.36. The Labute approximate surface area is 230 Å². The van der Waals surface area contributed by atoms with Crippen molar-refractivity contribution in [3.63, 3.8) is 0 Å². The van der Waals surface area contributed by atoms with Crippen LogP contribution in [0.2, 0.25) is 5.02 Å². The summed E-state index contributed by atoms with van der Waals surface area (Å²) in [6, 6.07) is 13.8. The molecule has 2 aromatic carbocycles. The van der Waals surface area contributed by atoms with Crippen molar-refractivity contribution in [1.29, 1.82) is 0 Å². The highest BCUT2D eigenvalue weighted by molar-refractivity contribution is 6.31. The maximum atomic E-state index is 13.9. The van der Waals surface area contributed by atoms with Gasteiger partial charge in [-0.2, -0.15) is 0 Å². The molecule has 2 aromatic rings. The largest absolute Gasteiger partial charge is 0.491 e. The van der Waals surface area contributed by atoms with Crippen LogP contribution in [0.3, 0.4) is 0 Å². The van der Waals surface area contributed by atoms with Crippen molar-refractivity contribution in [3.05, 3.63) is 93.6 Å². The summed E-state index contributed by atoms with van der Waals surface area (Å²) in [6.45, 7) is 1.68. The Balaban J connectivity index is 1.43. The molecule has 4 unspecified atom stereocenters. The number of rotatable bonds is 5. The molecule has 198 valence electrons. The summed E-state index contributed by atoms with van der Waals surface area (Å²) in [5, 5.41) is 9.57. The van der Waals surface area contributed by atoms with Gasteiger partial charge in [-0.1, -0.05) is 35.4 Å². The molecule has 1 saturated heterocycles. The van der Waals surface area contributed by atoms with E-state index in [1.54, 1.807) is 43.3 Å². The number of carbonyl (C=O) groups is 4. The number of Topliss-reactive ketones (excluding diaryl/α,β-unsaturated/α-hetero) is 1. The molecule has 1 fully saturated rings. The van der Waals surface area contributed by atoms with E-state index in [1.807, 2.05) is 18.2 Å². The third kappa shape index (κ3) is 4.08. The standard InChI is InChI=1S/C31H26ClNO6/c1-16-14-25(35)28-24(29(16)36)15-23-21(26(28)17-2-8-20(9-3-17)39-13-12-34)10-11-22-27(23)31(38)33(30(22)37)19-6-4-18(32)5-7-19/h2-10,14,22-23,26-27,34H,11-13,15H2,1H3. The number of carbonyl (C=O) groups excluding carboxylic acids is 4. The summed E-state index contributed by atoms with van der Waals surface area (Å²) < 4.78 is 5.50. The van der Waals surface area contributed by atoms with Crippen molar-refractivity contribution in [2.45, 2.75) is 25.7 Å². The molecule has 4 atom stereocenters. The number of amides is 2. The second-order valence-corrected chi connectivity index (χ2v) is 10.8. The molecule has 0 spiro atoms. The van der Waals surface area contributed by atoms with Crippen molar-refractivity contribution in [1.82, 2.24) is 0 Å². The second-order valence-electron chi connectivity index (χ2n) is 10.4. The van der Waals surface area contributed by atoms with Gasteiger partial charge in [0, 0.05) is 27.7 Å². The number of anilines is 1. The van der Waals surface area contributed by atoms with E-state index in [2.05, 4.69) is 0 Å². The Bertz CT molecular complexity index is 1500. The van der Waals surface area contributed by atoms with Crippen LogP contribution in [0.15, 0.2) is 83.0 Å². The van der Waals surface area contributed by atoms with Crippen LogP contribution in [0.1, 0.15) is 31.2 Å². The number of benzene rings is 2. The summed E-state index contributed by atoms with van der Waals surface area (Å²) in [7, 11) is 0. The van der Waals surface area contributed by atoms with Gasteiger partial charge in [-0.05, 0) is 73.7 Å². The molecule has 3 aliphatic carbocycles. The van der Waals surface area contributed by atoms with Crippen LogP contribution < -0.4 is 9.64 Å². The van der Waals surface area contributed by atoms with Gasteiger partial charge in [-0.25, -0.2) is 0 Å². The van der Waals surface area contributed by atoms with E-state index in [0.29, 0.717) is 39.6 Å². The number of hydrogen-bond acceptors (Lipinski definition) is 6. The number of fused-ring (bicyclic) bond motifs is 3. The molecule has 2 amide bonds. The average molecular weight is 544 g/mol. The molecule has 7 nitrogen and oxygen atoms in total. The zero-order valence-electron chi connectivity index (χ0n) is 21.2. The molecular weight excluding hydrogens is 518 g/mol. The first kappa shape index (κ1) is 25.5. The van der Waals surface area contributed by atoms with Gasteiger partial charge in [-0.3, -0.25) is 24.1 Å². The Morgan fingerprint density at radius 3 is 2.38 bits per heavy atom. The summed E-state index contributed by atoms with van der Waals surface area (Å²) in [4.78, 5) is 55.3. The van der Waals surface area contributed by atoms with Gasteiger partial charge >= 0.3 is 0 Å². The van der Waals surface area contributed by atoms with Gasteiger partial charge in [-0.15, -0.1) is 0 Å². The molecule has 6 rings (SSSR count). The lowest BCUT2D eigenvalue weighted by Crippen LogP contribution is -2.39. The summed E-state index contributed by atoms with van der Waals surface area (Å²) >= 11 is 6.03.